The van der Waals surface area contributed by atoms with Crippen molar-refractivity contribution in [2.45, 2.75) is 6.54 Å². The van der Waals surface area contributed by atoms with Crippen molar-refractivity contribution in [3.05, 3.63) is 36.0 Å². The molecule has 0 aliphatic heterocycles. The van der Waals surface area contributed by atoms with Gasteiger partial charge in [0.1, 0.15) is 5.75 Å². The lowest BCUT2D eigenvalue weighted by atomic mass is 10.2. The third-order valence-electron chi connectivity index (χ3n) is 2.03. The second-order valence-electron chi connectivity index (χ2n) is 3.12. The minimum absolute atomic E-state index is 0.0662. The van der Waals surface area contributed by atoms with Crippen molar-refractivity contribution in [3.63, 3.8) is 0 Å². The highest BCUT2D eigenvalue weighted by molar-refractivity contribution is 5.27. The van der Waals surface area contributed by atoms with Gasteiger partial charge in [0.05, 0.1) is 19.9 Å². The molecule has 0 unspecified atom stereocenters. The lowest BCUT2D eigenvalue weighted by Crippen LogP contribution is -2.00. The number of hydrogen-bond donors (Lipinski definition) is 1. The third-order valence-corrected chi connectivity index (χ3v) is 2.03. The second-order valence-corrected chi connectivity index (χ2v) is 3.12. The summed E-state index contributed by atoms with van der Waals surface area (Å²) in [4.78, 5) is 0. The number of methoxy groups -OCH3 is 1. The van der Waals surface area contributed by atoms with Crippen LogP contribution >= 0.6 is 0 Å². The smallest absolute Gasteiger partial charge is 0.251 e. The van der Waals surface area contributed by atoms with Crippen molar-refractivity contribution < 1.29 is 9.84 Å². The molecule has 1 N–H and O–H groups in total. The van der Waals surface area contributed by atoms with E-state index in [0.29, 0.717) is 6.54 Å². The Kier molecular flexibility index (Phi) is 2.53. The molecule has 1 aromatic heterocycles. The van der Waals surface area contributed by atoms with Gasteiger partial charge in [-0.1, -0.05) is 22.4 Å². The molecule has 0 aliphatic rings. The molecule has 5 nitrogen and oxygen atoms in total. The van der Waals surface area contributed by atoms with E-state index in [1.807, 2.05) is 24.3 Å². The average Bonchev–Trinajstić information content (AvgIpc) is 2.65. The lowest BCUT2D eigenvalue weighted by Gasteiger charge is -2.02. The van der Waals surface area contributed by atoms with Gasteiger partial charge in [-0.15, -0.1) is 0 Å². The van der Waals surface area contributed by atoms with Crippen molar-refractivity contribution in [2.75, 3.05) is 7.11 Å². The summed E-state index contributed by atoms with van der Waals surface area (Å²) in [5, 5.41) is 16.2. The second kappa shape index (κ2) is 4.00. The summed E-state index contributed by atoms with van der Waals surface area (Å²) < 4.78 is 6.62. The molecular formula is C10H11N3O2. The quantitative estimate of drug-likeness (QED) is 0.813. The average molecular weight is 205 g/mol. The van der Waals surface area contributed by atoms with E-state index in [-0.39, 0.29) is 5.88 Å². The first kappa shape index (κ1) is 9.51. The summed E-state index contributed by atoms with van der Waals surface area (Å²) in [5.74, 6) is 0.753. The molecule has 15 heavy (non-hydrogen) atoms. The van der Waals surface area contributed by atoms with E-state index < -0.39 is 0 Å². The molecule has 0 amide bonds. The molecule has 0 radical (unpaired) electrons. The molecule has 0 bridgehead atoms. The number of ether oxygens (including phenoxy) is 1. The van der Waals surface area contributed by atoms with Crippen LogP contribution in [0.3, 0.4) is 0 Å². The van der Waals surface area contributed by atoms with Gasteiger partial charge in [-0.3, -0.25) is 0 Å². The predicted molar refractivity (Wildman–Crippen MR) is 53.8 cm³/mol. The van der Waals surface area contributed by atoms with E-state index in [9.17, 15) is 0 Å². The zero-order chi connectivity index (χ0) is 10.7. The van der Waals surface area contributed by atoms with Crippen molar-refractivity contribution >= 4 is 0 Å². The van der Waals surface area contributed by atoms with Gasteiger partial charge in [0.15, 0.2) is 0 Å². The molecule has 2 aromatic rings. The maximum Gasteiger partial charge on any atom is 0.251 e. The Morgan fingerprint density at radius 3 is 2.60 bits per heavy atom. The Morgan fingerprint density at radius 2 is 2.07 bits per heavy atom. The van der Waals surface area contributed by atoms with E-state index in [1.54, 1.807) is 11.8 Å². The molecule has 5 heteroatoms. The SMILES string of the molecule is COc1ccc(Cn2cc(O)nn2)cc1. The summed E-state index contributed by atoms with van der Waals surface area (Å²) in [6, 6.07) is 7.65. The van der Waals surface area contributed by atoms with E-state index in [4.69, 9.17) is 9.84 Å². The molecule has 0 spiro atoms. The fraction of sp³-hybridized carbons (Fsp3) is 0.200. The van der Waals surface area contributed by atoms with Crippen LogP contribution in [0.2, 0.25) is 0 Å². The normalized spacial score (nSPS) is 10.2. The Balaban J connectivity index is 2.11. The van der Waals surface area contributed by atoms with E-state index in [1.165, 1.54) is 6.20 Å². The fourth-order valence-electron chi connectivity index (χ4n) is 1.28. The van der Waals surface area contributed by atoms with Gasteiger partial charge in [0, 0.05) is 0 Å². The van der Waals surface area contributed by atoms with Gasteiger partial charge in [0.25, 0.3) is 5.88 Å². The Morgan fingerprint density at radius 1 is 1.33 bits per heavy atom. The number of nitrogens with zero attached hydrogens (tertiary/aromatic N) is 3. The summed E-state index contributed by atoms with van der Waals surface area (Å²) in [5.41, 5.74) is 1.07. The molecule has 0 saturated carbocycles. The van der Waals surface area contributed by atoms with Gasteiger partial charge in [-0.05, 0) is 17.7 Å². The van der Waals surface area contributed by atoms with Crippen LogP contribution in [-0.2, 0) is 6.54 Å². The highest BCUT2D eigenvalue weighted by Gasteiger charge is 1.99. The summed E-state index contributed by atoms with van der Waals surface area (Å²) in [7, 11) is 1.63. The molecular weight excluding hydrogens is 194 g/mol. The molecule has 2 rings (SSSR count). The molecule has 78 valence electrons. The first-order valence-electron chi connectivity index (χ1n) is 4.50. The van der Waals surface area contributed by atoms with Crippen LogP contribution in [-0.4, -0.2) is 27.2 Å². The molecule has 0 aliphatic carbocycles. The Bertz CT molecular complexity index is 436. The maximum atomic E-state index is 9.00. The molecule has 0 atom stereocenters. The van der Waals surface area contributed by atoms with Crippen LogP contribution in [0.15, 0.2) is 30.5 Å². The predicted octanol–water partition coefficient (Wildman–Crippen LogP) is 1.04. The van der Waals surface area contributed by atoms with Crippen molar-refractivity contribution in [2.24, 2.45) is 0 Å². The van der Waals surface area contributed by atoms with E-state index in [2.05, 4.69) is 10.3 Å². The van der Waals surface area contributed by atoms with Crippen LogP contribution in [0.25, 0.3) is 0 Å². The van der Waals surface area contributed by atoms with Gasteiger partial charge < -0.3 is 9.84 Å². The van der Waals surface area contributed by atoms with Crippen LogP contribution in [0, 0.1) is 0 Å². The third kappa shape index (κ3) is 2.25. The van der Waals surface area contributed by atoms with E-state index >= 15 is 0 Å². The van der Waals surface area contributed by atoms with Crippen molar-refractivity contribution in [3.8, 4) is 11.6 Å². The highest BCUT2D eigenvalue weighted by atomic mass is 16.5. The topological polar surface area (TPSA) is 60.2 Å². The van der Waals surface area contributed by atoms with Gasteiger partial charge >= 0.3 is 0 Å². The monoisotopic (exact) mass is 205 g/mol. The first-order valence-corrected chi connectivity index (χ1v) is 4.50. The summed E-state index contributed by atoms with van der Waals surface area (Å²) >= 11 is 0. The van der Waals surface area contributed by atoms with Crippen molar-refractivity contribution in [1.82, 2.24) is 15.0 Å². The largest absolute Gasteiger partial charge is 0.497 e. The fourth-order valence-corrected chi connectivity index (χ4v) is 1.28. The van der Waals surface area contributed by atoms with E-state index in [0.717, 1.165) is 11.3 Å². The zero-order valence-electron chi connectivity index (χ0n) is 8.29. The highest BCUT2D eigenvalue weighted by Crippen LogP contribution is 2.12. The minimum Gasteiger partial charge on any atom is -0.497 e. The number of aromatic hydroxyl groups is 1. The maximum absolute atomic E-state index is 9.00. The lowest BCUT2D eigenvalue weighted by molar-refractivity contribution is 0.414. The minimum atomic E-state index is -0.0662. The molecule has 1 aromatic carbocycles. The standard InChI is InChI=1S/C10H11N3O2/c1-15-9-4-2-8(3-5-9)6-13-7-10(14)11-12-13/h2-5,7,14H,6H2,1H3. The van der Waals surface area contributed by atoms with Crippen LogP contribution < -0.4 is 4.74 Å². The van der Waals surface area contributed by atoms with Crippen LogP contribution in [0.1, 0.15) is 5.56 Å². The first-order chi connectivity index (χ1) is 7.28. The van der Waals surface area contributed by atoms with Gasteiger partial charge in [-0.2, -0.15) is 0 Å². The summed E-state index contributed by atoms with van der Waals surface area (Å²) in [6.07, 6.45) is 1.48. The number of benzene rings is 1. The Hall–Kier alpha value is -2.04. The number of aromatic nitrogens is 3. The van der Waals surface area contributed by atoms with Gasteiger partial charge in [0.2, 0.25) is 0 Å². The van der Waals surface area contributed by atoms with Crippen LogP contribution in [0.4, 0.5) is 0 Å². The van der Waals surface area contributed by atoms with Crippen molar-refractivity contribution in [1.29, 1.82) is 0 Å². The number of hydrogen-bond acceptors (Lipinski definition) is 4. The number of rotatable bonds is 3. The van der Waals surface area contributed by atoms with Crippen LogP contribution in [0.5, 0.6) is 11.6 Å². The Labute approximate surface area is 86.9 Å². The molecule has 1 heterocycles. The summed E-state index contributed by atoms with van der Waals surface area (Å²) in [6.45, 7) is 0.581. The molecule has 0 fully saturated rings. The van der Waals surface area contributed by atoms with Gasteiger partial charge in [-0.25, -0.2) is 4.68 Å². The molecule has 0 saturated heterocycles. The zero-order valence-corrected chi connectivity index (χ0v) is 8.29.